The van der Waals surface area contributed by atoms with Crippen molar-refractivity contribution in [2.75, 3.05) is 46.4 Å². The minimum Gasteiger partial charge on any atom is -0.372 e. The monoisotopic (exact) mass is 229 g/mol. The van der Waals surface area contributed by atoms with Crippen molar-refractivity contribution in [3.05, 3.63) is 0 Å². The molecule has 0 aromatic rings. The Morgan fingerprint density at radius 3 is 2.88 bits per heavy atom. The molecule has 0 aromatic heterocycles. The van der Waals surface area contributed by atoms with Crippen molar-refractivity contribution in [3.8, 4) is 0 Å². The van der Waals surface area contributed by atoms with E-state index in [0.29, 0.717) is 13.2 Å². The minimum absolute atomic E-state index is 0.0667. The first-order valence-electron chi connectivity index (χ1n) is 5.94. The number of hydrogen-bond donors (Lipinski definition) is 1. The quantitative estimate of drug-likeness (QED) is 0.647. The van der Waals surface area contributed by atoms with Gasteiger partial charge in [-0.15, -0.1) is 0 Å². The largest absolute Gasteiger partial charge is 0.372 e. The van der Waals surface area contributed by atoms with Gasteiger partial charge >= 0.3 is 0 Å². The highest BCUT2D eigenvalue weighted by Crippen LogP contribution is 2.07. The van der Waals surface area contributed by atoms with Gasteiger partial charge in [-0.3, -0.25) is 4.79 Å². The molecular formula is C11H23N3O2. The van der Waals surface area contributed by atoms with E-state index in [-0.39, 0.29) is 18.6 Å². The molecule has 5 heteroatoms. The van der Waals surface area contributed by atoms with Crippen LogP contribution in [0, 0.1) is 0 Å². The van der Waals surface area contributed by atoms with Gasteiger partial charge in [0.1, 0.15) is 6.61 Å². The van der Waals surface area contributed by atoms with Gasteiger partial charge in [-0.1, -0.05) is 6.92 Å². The van der Waals surface area contributed by atoms with E-state index in [2.05, 4.69) is 11.9 Å². The van der Waals surface area contributed by atoms with E-state index in [9.17, 15) is 4.79 Å². The summed E-state index contributed by atoms with van der Waals surface area (Å²) < 4.78 is 5.27. The fourth-order valence-electron chi connectivity index (χ4n) is 1.93. The molecule has 0 saturated carbocycles. The number of nitrogens with zero attached hydrogens (tertiary/aromatic N) is 2. The number of piperazine rings is 1. The van der Waals surface area contributed by atoms with Crippen molar-refractivity contribution in [2.24, 2.45) is 5.73 Å². The fraction of sp³-hybridized carbons (Fsp3) is 0.909. The van der Waals surface area contributed by atoms with Crippen molar-refractivity contribution >= 4 is 5.91 Å². The summed E-state index contributed by atoms with van der Waals surface area (Å²) in [6.07, 6.45) is 0.941. The van der Waals surface area contributed by atoms with Crippen LogP contribution in [0.2, 0.25) is 0 Å². The smallest absolute Gasteiger partial charge is 0.248 e. The summed E-state index contributed by atoms with van der Waals surface area (Å²) in [6, 6.07) is 0.136. The number of rotatable bonds is 5. The Morgan fingerprint density at radius 2 is 2.25 bits per heavy atom. The van der Waals surface area contributed by atoms with Crippen molar-refractivity contribution in [3.63, 3.8) is 0 Å². The Labute approximate surface area is 97.5 Å². The van der Waals surface area contributed by atoms with Gasteiger partial charge in [0.05, 0.1) is 6.04 Å². The molecule has 1 amide bonds. The molecule has 1 aliphatic rings. The lowest BCUT2D eigenvalue weighted by Gasteiger charge is -2.39. The molecular weight excluding hydrogens is 206 g/mol. The Balaban J connectivity index is 2.40. The summed E-state index contributed by atoms with van der Waals surface area (Å²) in [4.78, 5) is 15.9. The van der Waals surface area contributed by atoms with Crippen LogP contribution >= 0.6 is 0 Å². The van der Waals surface area contributed by atoms with Gasteiger partial charge in [0.15, 0.2) is 0 Å². The third kappa shape index (κ3) is 3.73. The first-order valence-corrected chi connectivity index (χ1v) is 5.94. The lowest BCUT2D eigenvalue weighted by atomic mass is 10.1. The third-order valence-corrected chi connectivity index (χ3v) is 2.85. The van der Waals surface area contributed by atoms with Crippen LogP contribution in [0.1, 0.15) is 13.3 Å². The van der Waals surface area contributed by atoms with Gasteiger partial charge in [0, 0.05) is 32.8 Å². The van der Waals surface area contributed by atoms with Crippen LogP contribution < -0.4 is 5.73 Å². The lowest BCUT2D eigenvalue weighted by molar-refractivity contribution is -0.140. The van der Waals surface area contributed by atoms with E-state index in [1.165, 1.54) is 0 Å². The highest BCUT2D eigenvalue weighted by molar-refractivity contribution is 5.78. The van der Waals surface area contributed by atoms with Crippen molar-refractivity contribution in [2.45, 2.75) is 19.4 Å². The minimum atomic E-state index is 0.0667. The van der Waals surface area contributed by atoms with Crippen LogP contribution in [0.3, 0.4) is 0 Å². The molecule has 16 heavy (non-hydrogen) atoms. The maximum atomic E-state index is 11.9. The molecule has 1 unspecified atom stereocenters. The number of ether oxygens (including phenoxy) is 1. The standard InChI is InChI=1S/C11H23N3O2/c1-3-6-16-9-11(15)14-5-4-13(2)8-10(14)7-12/h10H,3-9,12H2,1-2H3. The molecule has 0 radical (unpaired) electrons. The number of carbonyl (C=O) groups excluding carboxylic acids is 1. The maximum absolute atomic E-state index is 11.9. The summed E-state index contributed by atoms with van der Waals surface area (Å²) in [5, 5.41) is 0. The van der Waals surface area contributed by atoms with E-state index in [1.807, 2.05) is 11.8 Å². The summed E-state index contributed by atoms with van der Waals surface area (Å²) in [5.41, 5.74) is 5.69. The van der Waals surface area contributed by atoms with E-state index >= 15 is 0 Å². The molecule has 0 aromatic carbocycles. The molecule has 2 N–H and O–H groups in total. The zero-order chi connectivity index (χ0) is 12.0. The molecule has 0 aliphatic carbocycles. The molecule has 1 rings (SSSR count). The van der Waals surface area contributed by atoms with Crippen LogP contribution in [0.15, 0.2) is 0 Å². The second-order valence-corrected chi connectivity index (χ2v) is 4.29. The summed E-state index contributed by atoms with van der Waals surface area (Å²) >= 11 is 0. The Bertz CT molecular complexity index is 223. The molecule has 5 nitrogen and oxygen atoms in total. The molecule has 94 valence electrons. The molecule has 0 bridgehead atoms. The highest BCUT2D eigenvalue weighted by Gasteiger charge is 2.27. The van der Waals surface area contributed by atoms with Gasteiger partial charge in [-0.2, -0.15) is 0 Å². The molecule has 1 aliphatic heterocycles. The SMILES string of the molecule is CCCOCC(=O)N1CCN(C)CC1CN. The first-order chi connectivity index (χ1) is 7.69. The summed E-state index contributed by atoms with van der Waals surface area (Å²) in [5.74, 6) is 0.0667. The fourth-order valence-corrected chi connectivity index (χ4v) is 1.93. The zero-order valence-corrected chi connectivity index (χ0v) is 10.3. The van der Waals surface area contributed by atoms with Crippen LogP contribution in [-0.2, 0) is 9.53 Å². The Morgan fingerprint density at radius 1 is 1.50 bits per heavy atom. The molecule has 1 fully saturated rings. The number of nitrogens with two attached hydrogens (primary N) is 1. The normalized spacial score (nSPS) is 22.4. The van der Waals surface area contributed by atoms with Gasteiger partial charge in [0.25, 0.3) is 0 Å². The number of hydrogen-bond acceptors (Lipinski definition) is 4. The number of carbonyl (C=O) groups is 1. The average molecular weight is 229 g/mol. The van der Waals surface area contributed by atoms with E-state index in [0.717, 1.165) is 26.1 Å². The summed E-state index contributed by atoms with van der Waals surface area (Å²) in [7, 11) is 2.05. The highest BCUT2D eigenvalue weighted by atomic mass is 16.5. The van der Waals surface area contributed by atoms with Crippen LogP contribution in [-0.4, -0.2) is 68.2 Å². The van der Waals surface area contributed by atoms with Gasteiger partial charge in [-0.25, -0.2) is 0 Å². The predicted octanol–water partition coefficient (Wildman–Crippen LogP) is -0.486. The van der Waals surface area contributed by atoms with E-state index < -0.39 is 0 Å². The van der Waals surface area contributed by atoms with E-state index in [1.54, 1.807) is 0 Å². The zero-order valence-electron chi connectivity index (χ0n) is 10.3. The van der Waals surface area contributed by atoms with Crippen LogP contribution in [0.4, 0.5) is 0 Å². The average Bonchev–Trinajstić information content (AvgIpc) is 2.29. The maximum Gasteiger partial charge on any atom is 0.248 e. The Hall–Kier alpha value is -0.650. The first kappa shape index (κ1) is 13.4. The molecule has 0 spiro atoms. The van der Waals surface area contributed by atoms with Gasteiger partial charge < -0.3 is 20.3 Å². The number of likely N-dealkylation sites (N-methyl/N-ethyl adjacent to an activating group) is 1. The Kier molecular flexibility index (Phi) is 5.73. The number of amides is 1. The topological polar surface area (TPSA) is 58.8 Å². The second kappa shape index (κ2) is 6.83. The van der Waals surface area contributed by atoms with Gasteiger partial charge in [0.2, 0.25) is 5.91 Å². The summed E-state index contributed by atoms with van der Waals surface area (Å²) in [6.45, 7) is 5.91. The second-order valence-electron chi connectivity index (χ2n) is 4.29. The van der Waals surface area contributed by atoms with Crippen molar-refractivity contribution in [1.29, 1.82) is 0 Å². The third-order valence-electron chi connectivity index (χ3n) is 2.85. The van der Waals surface area contributed by atoms with Crippen molar-refractivity contribution in [1.82, 2.24) is 9.80 Å². The van der Waals surface area contributed by atoms with E-state index in [4.69, 9.17) is 10.5 Å². The van der Waals surface area contributed by atoms with Crippen molar-refractivity contribution < 1.29 is 9.53 Å². The molecule has 1 heterocycles. The predicted molar refractivity (Wildman–Crippen MR) is 63.2 cm³/mol. The van der Waals surface area contributed by atoms with Crippen LogP contribution in [0.25, 0.3) is 0 Å². The molecule has 1 atom stereocenters. The molecule has 1 saturated heterocycles. The van der Waals surface area contributed by atoms with Gasteiger partial charge in [-0.05, 0) is 13.5 Å². The van der Waals surface area contributed by atoms with Crippen LogP contribution in [0.5, 0.6) is 0 Å². The lowest BCUT2D eigenvalue weighted by Crippen LogP contribution is -2.57.